The number of carbonyl (C=O) groups excluding carboxylic acids is 1. The van der Waals surface area contributed by atoms with Gasteiger partial charge in [-0.15, -0.1) is 0 Å². The summed E-state index contributed by atoms with van der Waals surface area (Å²) in [5.74, 6) is -2.98. The summed E-state index contributed by atoms with van der Waals surface area (Å²) in [6, 6.07) is 2.74. The van der Waals surface area contributed by atoms with Gasteiger partial charge in [0.05, 0.1) is 12.5 Å². The number of hydrogen-bond acceptors (Lipinski definition) is 4. The molecule has 1 N–H and O–H groups in total. The van der Waals surface area contributed by atoms with Gasteiger partial charge in [0.2, 0.25) is 10.0 Å². The molecule has 0 aliphatic heterocycles. The zero-order valence-electron chi connectivity index (χ0n) is 11.0. The third kappa shape index (κ3) is 4.53. The first-order valence-corrected chi connectivity index (χ1v) is 7.35. The lowest BCUT2D eigenvalue weighted by Gasteiger charge is -2.10. The predicted molar refractivity (Wildman–Crippen MR) is 67.4 cm³/mol. The lowest BCUT2D eigenvalue weighted by Crippen LogP contribution is -2.28. The number of sulfonamides is 1. The molecule has 0 aliphatic carbocycles. The van der Waals surface area contributed by atoms with Crippen LogP contribution in [0.5, 0.6) is 0 Å². The van der Waals surface area contributed by atoms with E-state index in [1.54, 1.807) is 13.8 Å². The summed E-state index contributed by atoms with van der Waals surface area (Å²) in [6.07, 6.45) is -0.545. The summed E-state index contributed by atoms with van der Waals surface area (Å²) in [7, 11) is -4.35. The Bertz CT molecular complexity index is 567. The van der Waals surface area contributed by atoms with Gasteiger partial charge in [-0.05, 0) is 26.0 Å². The zero-order chi connectivity index (χ0) is 15.3. The molecule has 0 amide bonds. The smallest absolute Gasteiger partial charge is 0.307 e. The molecular formula is C12H15F2NO4S. The van der Waals surface area contributed by atoms with Gasteiger partial charge >= 0.3 is 5.97 Å². The Labute approximate surface area is 116 Å². The van der Waals surface area contributed by atoms with Crippen molar-refractivity contribution >= 4 is 16.0 Å². The topological polar surface area (TPSA) is 72.5 Å². The molecule has 0 aromatic heterocycles. The molecule has 0 fully saturated rings. The van der Waals surface area contributed by atoms with Crippen LogP contribution in [0.15, 0.2) is 23.1 Å². The Morgan fingerprint density at radius 1 is 1.30 bits per heavy atom. The van der Waals surface area contributed by atoms with Gasteiger partial charge in [0.1, 0.15) is 11.6 Å². The van der Waals surface area contributed by atoms with Crippen LogP contribution in [-0.4, -0.2) is 27.0 Å². The highest BCUT2D eigenvalue weighted by molar-refractivity contribution is 7.89. The molecule has 0 atom stereocenters. The van der Waals surface area contributed by atoms with Crippen LogP contribution in [0.4, 0.5) is 8.78 Å². The Kier molecular flexibility index (Phi) is 5.58. The fraction of sp³-hybridized carbons (Fsp3) is 0.417. The van der Waals surface area contributed by atoms with E-state index in [0.29, 0.717) is 0 Å². The maximum Gasteiger partial charge on any atom is 0.307 e. The molecule has 0 bridgehead atoms. The quantitative estimate of drug-likeness (QED) is 0.810. The summed E-state index contributed by atoms with van der Waals surface area (Å²) >= 11 is 0. The van der Waals surface area contributed by atoms with Crippen LogP contribution in [0, 0.1) is 11.6 Å². The molecule has 0 heterocycles. The van der Waals surface area contributed by atoms with Crippen LogP contribution in [0.25, 0.3) is 0 Å². The van der Waals surface area contributed by atoms with E-state index < -0.39 is 32.5 Å². The van der Waals surface area contributed by atoms with E-state index in [4.69, 9.17) is 4.74 Å². The molecule has 20 heavy (non-hydrogen) atoms. The molecule has 0 spiro atoms. The van der Waals surface area contributed by atoms with E-state index in [0.717, 1.165) is 18.2 Å². The van der Waals surface area contributed by atoms with Crippen molar-refractivity contribution in [2.75, 3.05) is 6.54 Å². The average Bonchev–Trinajstić information content (AvgIpc) is 2.26. The lowest BCUT2D eigenvalue weighted by molar-refractivity contribution is -0.147. The lowest BCUT2D eigenvalue weighted by atomic mass is 10.3. The van der Waals surface area contributed by atoms with Gasteiger partial charge in [0, 0.05) is 6.54 Å². The molecule has 5 nitrogen and oxygen atoms in total. The second-order valence-corrected chi connectivity index (χ2v) is 5.94. The molecule has 1 aromatic rings. The van der Waals surface area contributed by atoms with E-state index >= 15 is 0 Å². The molecule has 0 aliphatic rings. The normalized spacial score (nSPS) is 11.7. The Balaban J connectivity index is 2.70. The standard InChI is InChI=1S/C12H15F2NO4S/c1-8(2)19-11(16)6-7-15-20(17,18)12-9(13)4-3-5-10(12)14/h3-5,8,15H,6-7H2,1-2H3. The molecule has 1 rings (SSSR count). The van der Waals surface area contributed by atoms with Crippen molar-refractivity contribution in [3.05, 3.63) is 29.8 Å². The maximum absolute atomic E-state index is 13.4. The number of rotatable bonds is 6. The van der Waals surface area contributed by atoms with Crippen LogP contribution in [0.3, 0.4) is 0 Å². The minimum absolute atomic E-state index is 0.229. The van der Waals surface area contributed by atoms with Crippen LogP contribution in [0.1, 0.15) is 20.3 Å². The summed E-state index contributed by atoms with van der Waals surface area (Å²) in [4.78, 5) is 10.1. The highest BCUT2D eigenvalue weighted by Crippen LogP contribution is 2.17. The molecule has 0 unspecified atom stereocenters. The van der Waals surface area contributed by atoms with Crippen molar-refractivity contribution in [2.24, 2.45) is 0 Å². The summed E-state index contributed by atoms with van der Waals surface area (Å²) in [5, 5.41) is 0. The maximum atomic E-state index is 13.4. The number of hydrogen-bond donors (Lipinski definition) is 1. The zero-order valence-corrected chi connectivity index (χ0v) is 11.8. The van der Waals surface area contributed by atoms with E-state index in [9.17, 15) is 22.0 Å². The second kappa shape index (κ2) is 6.76. The number of ether oxygens (including phenoxy) is 1. The first-order chi connectivity index (χ1) is 9.24. The van der Waals surface area contributed by atoms with Crippen LogP contribution in [0.2, 0.25) is 0 Å². The van der Waals surface area contributed by atoms with Crippen molar-refractivity contribution in [3.63, 3.8) is 0 Å². The highest BCUT2D eigenvalue weighted by Gasteiger charge is 2.23. The molecule has 0 radical (unpaired) electrons. The largest absolute Gasteiger partial charge is 0.463 e. The van der Waals surface area contributed by atoms with E-state index in [1.807, 2.05) is 4.72 Å². The average molecular weight is 307 g/mol. The first kappa shape index (κ1) is 16.5. The molecule has 8 heteroatoms. The Morgan fingerprint density at radius 3 is 2.35 bits per heavy atom. The summed E-state index contributed by atoms with van der Waals surface area (Å²) < 4.78 is 56.9. The minimum Gasteiger partial charge on any atom is -0.463 e. The van der Waals surface area contributed by atoms with E-state index in [1.165, 1.54) is 0 Å². The third-order valence-corrected chi connectivity index (χ3v) is 3.69. The second-order valence-electron chi connectivity index (χ2n) is 4.24. The number of esters is 1. The fourth-order valence-corrected chi connectivity index (χ4v) is 2.59. The van der Waals surface area contributed by atoms with Crippen LogP contribution >= 0.6 is 0 Å². The Morgan fingerprint density at radius 2 is 1.85 bits per heavy atom. The van der Waals surface area contributed by atoms with Crippen molar-refractivity contribution in [3.8, 4) is 0 Å². The molecular weight excluding hydrogens is 292 g/mol. The van der Waals surface area contributed by atoms with Gasteiger partial charge in [0.25, 0.3) is 0 Å². The number of halogens is 2. The van der Waals surface area contributed by atoms with Gasteiger partial charge in [-0.1, -0.05) is 6.07 Å². The molecule has 0 saturated heterocycles. The van der Waals surface area contributed by atoms with Gasteiger partial charge in [-0.3, -0.25) is 4.79 Å². The first-order valence-electron chi connectivity index (χ1n) is 5.87. The van der Waals surface area contributed by atoms with Crippen molar-refractivity contribution in [1.29, 1.82) is 0 Å². The van der Waals surface area contributed by atoms with Crippen molar-refractivity contribution in [2.45, 2.75) is 31.3 Å². The summed E-state index contributed by atoms with van der Waals surface area (Å²) in [6.45, 7) is 3.00. The molecule has 112 valence electrons. The number of carbonyl (C=O) groups is 1. The van der Waals surface area contributed by atoms with Crippen LogP contribution in [-0.2, 0) is 19.6 Å². The van der Waals surface area contributed by atoms with Crippen molar-refractivity contribution < 1.29 is 26.7 Å². The number of nitrogens with one attached hydrogen (secondary N) is 1. The summed E-state index contributed by atoms with van der Waals surface area (Å²) in [5.41, 5.74) is 0. The molecule has 0 saturated carbocycles. The van der Waals surface area contributed by atoms with Crippen LogP contribution < -0.4 is 4.72 Å². The predicted octanol–water partition coefficient (Wildman–Crippen LogP) is 1.58. The van der Waals surface area contributed by atoms with E-state index in [-0.39, 0.29) is 19.1 Å². The third-order valence-electron chi connectivity index (χ3n) is 2.18. The van der Waals surface area contributed by atoms with Crippen molar-refractivity contribution in [1.82, 2.24) is 4.72 Å². The van der Waals surface area contributed by atoms with Gasteiger partial charge in [0.15, 0.2) is 4.90 Å². The SMILES string of the molecule is CC(C)OC(=O)CCNS(=O)(=O)c1c(F)cccc1F. The fourth-order valence-electron chi connectivity index (χ4n) is 1.42. The van der Waals surface area contributed by atoms with Gasteiger partial charge in [-0.2, -0.15) is 0 Å². The van der Waals surface area contributed by atoms with Gasteiger partial charge in [-0.25, -0.2) is 21.9 Å². The Hall–Kier alpha value is -1.54. The van der Waals surface area contributed by atoms with E-state index in [2.05, 4.69) is 0 Å². The van der Waals surface area contributed by atoms with Gasteiger partial charge < -0.3 is 4.74 Å². The minimum atomic E-state index is -4.35. The monoisotopic (exact) mass is 307 g/mol. The highest BCUT2D eigenvalue weighted by atomic mass is 32.2. The number of benzene rings is 1. The molecule has 1 aromatic carbocycles.